The van der Waals surface area contributed by atoms with Crippen molar-refractivity contribution < 1.29 is 18.0 Å². The van der Waals surface area contributed by atoms with Gasteiger partial charge in [-0.1, -0.05) is 18.2 Å². The second kappa shape index (κ2) is 7.26. The highest BCUT2D eigenvalue weighted by atomic mass is 32.2. The fourth-order valence-corrected chi connectivity index (χ4v) is 3.09. The number of thioether (sulfide) groups is 1. The van der Waals surface area contributed by atoms with Gasteiger partial charge in [0.25, 0.3) is 0 Å². The lowest BCUT2D eigenvalue weighted by atomic mass is 9.96. The number of carbonyl (C=O) groups is 1. The number of hydrogen-bond acceptors (Lipinski definition) is 2. The molecule has 22 heavy (non-hydrogen) atoms. The fourth-order valence-electron chi connectivity index (χ4n) is 2.53. The first kappa shape index (κ1) is 17.0. The van der Waals surface area contributed by atoms with Crippen LogP contribution in [0.2, 0.25) is 0 Å². The number of nitrogens with zero attached hydrogens (tertiary/aromatic N) is 1. The summed E-state index contributed by atoms with van der Waals surface area (Å²) in [6.45, 7) is 0.279. The Morgan fingerprint density at radius 2 is 1.95 bits per heavy atom. The number of urea groups is 1. The smallest absolute Gasteiger partial charge is 0.325 e. The van der Waals surface area contributed by atoms with Gasteiger partial charge in [0.1, 0.15) is 0 Å². The average Bonchev–Trinajstić information content (AvgIpc) is 2.49. The lowest BCUT2D eigenvalue weighted by Gasteiger charge is -2.33. The van der Waals surface area contributed by atoms with Crippen LogP contribution in [0.1, 0.15) is 18.4 Å². The molecule has 3 nitrogen and oxygen atoms in total. The number of anilines is 1. The standard InChI is InChI=1S/C15H19F3N2OS/c1-22-10-11-4-2-3-5-13(11)19-14(21)20-8-6-12(7-9-20)15(16,17)18/h2-5,12H,6-10H2,1H3,(H,19,21). The number of halogens is 3. The van der Waals surface area contributed by atoms with Crippen LogP contribution >= 0.6 is 11.8 Å². The van der Waals surface area contributed by atoms with Gasteiger partial charge in [-0.3, -0.25) is 0 Å². The van der Waals surface area contributed by atoms with Crippen molar-refractivity contribution in [3.63, 3.8) is 0 Å². The first-order chi connectivity index (χ1) is 10.4. The fraction of sp³-hybridized carbons (Fsp3) is 0.533. The maximum absolute atomic E-state index is 12.6. The topological polar surface area (TPSA) is 32.3 Å². The van der Waals surface area contributed by atoms with Crippen molar-refractivity contribution in [2.45, 2.75) is 24.8 Å². The Hall–Kier alpha value is -1.37. The highest BCUT2D eigenvalue weighted by molar-refractivity contribution is 7.97. The van der Waals surface area contributed by atoms with E-state index < -0.39 is 12.1 Å². The molecule has 0 aliphatic carbocycles. The largest absolute Gasteiger partial charge is 0.391 e. The summed E-state index contributed by atoms with van der Waals surface area (Å²) in [5.41, 5.74) is 1.73. The Balaban J connectivity index is 1.94. The number of amides is 2. The molecule has 0 radical (unpaired) electrons. The van der Waals surface area contributed by atoms with Crippen LogP contribution in [0.3, 0.4) is 0 Å². The van der Waals surface area contributed by atoms with E-state index in [9.17, 15) is 18.0 Å². The third-order valence-corrected chi connectivity index (χ3v) is 4.40. The van der Waals surface area contributed by atoms with Gasteiger partial charge in [-0.25, -0.2) is 4.79 Å². The minimum Gasteiger partial charge on any atom is -0.325 e. The maximum Gasteiger partial charge on any atom is 0.391 e. The third kappa shape index (κ3) is 4.32. The zero-order valence-corrected chi connectivity index (χ0v) is 13.1. The Kier molecular flexibility index (Phi) is 5.61. The van der Waals surface area contributed by atoms with E-state index in [0.717, 1.165) is 17.0 Å². The van der Waals surface area contributed by atoms with E-state index in [-0.39, 0.29) is 32.0 Å². The number of rotatable bonds is 3. The van der Waals surface area contributed by atoms with Crippen molar-refractivity contribution in [3.05, 3.63) is 29.8 Å². The molecule has 0 unspecified atom stereocenters. The Morgan fingerprint density at radius 1 is 1.32 bits per heavy atom. The van der Waals surface area contributed by atoms with Crippen LogP contribution in [0.5, 0.6) is 0 Å². The van der Waals surface area contributed by atoms with Gasteiger partial charge in [-0.05, 0) is 30.7 Å². The Bertz CT molecular complexity index is 514. The zero-order chi connectivity index (χ0) is 16.2. The van der Waals surface area contributed by atoms with Gasteiger partial charge in [-0.2, -0.15) is 24.9 Å². The molecule has 0 bridgehead atoms. The van der Waals surface area contributed by atoms with E-state index in [2.05, 4.69) is 5.32 Å². The summed E-state index contributed by atoms with van der Waals surface area (Å²) in [6.07, 6.45) is -2.24. The SMILES string of the molecule is CSCc1ccccc1NC(=O)N1CCC(C(F)(F)F)CC1. The quantitative estimate of drug-likeness (QED) is 0.892. The van der Waals surface area contributed by atoms with Crippen molar-refractivity contribution in [1.82, 2.24) is 4.90 Å². The van der Waals surface area contributed by atoms with E-state index in [0.29, 0.717) is 0 Å². The van der Waals surface area contributed by atoms with Crippen LogP contribution in [-0.2, 0) is 5.75 Å². The molecule has 0 spiro atoms. The van der Waals surface area contributed by atoms with Crippen LogP contribution < -0.4 is 5.32 Å². The maximum atomic E-state index is 12.6. The monoisotopic (exact) mass is 332 g/mol. The molecule has 122 valence electrons. The molecule has 1 aliphatic heterocycles. The van der Waals surface area contributed by atoms with Crippen LogP contribution in [0.15, 0.2) is 24.3 Å². The lowest BCUT2D eigenvalue weighted by Crippen LogP contribution is -2.44. The number of piperidine rings is 1. The molecule has 1 aromatic rings. The van der Waals surface area contributed by atoms with E-state index in [4.69, 9.17) is 0 Å². The van der Waals surface area contributed by atoms with Gasteiger partial charge in [0.05, 0.1) is 5.92 Å². The molecule has 0 atom stereocenters. The van der Waals surface area contributed by atoms with Gasteiger partial charge in [-0.15, -0.1) is 0 Å². The normalized spacial score (nSPS) is 16.6. The van der Waals surface area contributed by atoms with E-state index >= 15 is 0 Å². The summed E-state index contributed by atoms with van der Waals surface area (Å²) in [5.74, 6) is -0.521. The van der Waals surface area contributed by atoms with E-state index in [1.807, 2.05) is 30.5 Å². The molecule has 0 aromatic heterocycles. The predicted octanol–water partition coefficient (Wildman–Crippen LogP) is 4.36. The van der Waals surface area contributed by atoms with Gasteiger partial charge >= 0.3 is 12.2 Å². The minimum atomic E-state index is -4.16. The van der Waals surface area contributed by atoms with Crippen molar-refractivity contribution in [3.8, 4) is 0 Å². The second-order valence-electron chi connectivity index (χ2n) is 5.32. The Morgan fingerprint density at radius 3 is 2.55 bits per heavy atom. The first-order valence-corrected chi connectivity index (χ1v) is 8.50. The number of alkyl halides is 3. The molecule has 1 aromatic carbocycles. The number of hydrogen-bond donors (Lipinski definition) is 1. The number of nitrogens with one attached hydrogen (secondary N) is 1. The van der Waals surface area contributed by atoms with Gasteiger partial charge in [0, 0.05) is 24.5 Å². The van der Waals surface area contributed by atoms with Crippen LogP contribution in [0, 0.1) is 5.92 Å². The zero-order valence-electron chi connectivity index (χ0n) is 12.3. The van der Waals surface area contributed by atoms with Crippen molar-refractivity contribution >= 4 is 23.5 Å². The number of likely N-dealkylation sites (tertiary alicyclic amines) is 1. The summed E-state index contributed by atoms with van der Waals surface area (Å²) in [5, 5.41) is 2.81. The van der Waals surface area contributed by atoms with Gasteiger partial charge in [0.15, 0.2) is 0 Å². The van der Waals surface area contributed by atoms with Crippen molar-refractivity contribution in [2.75, 3.05) is 24.7 Å². The highest BCUT2D eigenvalue weighted by Crippen LogP contribution is 2.34. The molecule has 2 rings (SSSR count). The first-order valence-electron chi connectivity index (χ1n) is 7.11. The summed E-state index contributed by atoms with van der Waals surface area (Å²) in [6, 6.07) is 7.15. The van der Waals surface area contributed by atoms with E-state index in [1.54, 1.807) is 11.8 Å². The number of benzene rings is 1. The van der Waals surface area contributed by atoms with Crippen molar-refractivity contribution in [2.24, 2.45) is 5.92 Å². The molecule has 1 fully saturated rings. The summed E-state index contributed by atoms with van der Waals surface area (Å²) < 4.78 is 37.9. The number of para-hydroxylation sites is 1. The molecular weight excluding hydrogens is 313 g/mol. The minimum absolute atomic E-state index is 0.0244. The molecule has 1 aliphatic rings. The summed E-state index contributed by atoms with van der Waals surface area (Å²) >= 11 is 1.64. The number of carbonyl (C=O) groups excluding carboxylic acids is 1. The highest BCUT2D eigenvalue weighted by Gasteiger charge is 2.41. The third-order valence-electron chi connectivity index (χ3n) is 3.80. The molecule has 0 saturated carbocycles. The average molecular weight is 332 g/mol. The Labute approximate surface area is 132 Å². The predicted molar refractivity (Wildman–Crippen MR) is 83.0 cm³/mol. The molecular formula is C15H19F3N2OS. The summed E-state index contributed by atoms with van der Waals surface area (Å²) in [4.78, 5) is 13.7. The molecule has 7 heteroatoms. The molecule has 1 heterocycles. The lowest BCUT2D eigenvalue weighted by molar-refractivity contribution is -0.183. The van der Waals surface area contributed by atoms with Crippen molar-refractivity contribution in [1.29, 1.82) is 0 Å². The second-order valence-corrected chi connectivity index (χ2v) is 6.19. The summed E-state index contributed by atoms with van der Waals surface area (Å²) in [7, 11) is 0. The van der Waals surface area contributed by atoms with E-state index in [1.165, 1.54) is 4.90 Å². The van der Waals surface area contributed by atoms with Gasteiger partial charge in [0.2, 0.25) is 0 Å². The molecule has 2 amide bonds. The molecule has 1 N–H and O–H groups in total. The van der Waals surface area contributed by atoms with Crippen LogP contribution in [-0.4, -0.2) is 36.5 Å². The van der Waals surface area contributed by atoms with Crippen LogP contribution in [0.4, 0.5) is 23.7 Å². The molecule has 1 saturated heterocycles. The van der Waals surface area contributed by atoms with Gasteiger partial charge < -0.3 is 10.2 Å². The van der Waals surface area contributed by atoms with Crippen LogP contribution in [0.25, 0.3) is 0 Å².